The lowest BCUT2D eigenvalue weighted by molar-refractivity contribution is -0.122. The van der Waals surface area contributed by atoms with Crippen molar-refractivity contribution in [2.24, 2.45) is 0 Å². The number of unbranched alkanes of at least 4 members (excludes halogenated alkanes) is 2. The van der Waals surface area contributed by atoms with E-state index in [1.807, 2.05) is 58.7 Å². The molecule has 1 fully saturated rings. The van der Waals surface area contributed by atoms with E-state index in [2.05, 4.69) is 13.0 Å². The van der Waals surface area contributed by atoms with E-state index in [1.165, 1.54) is 11.8 Å². The van der Waals surface area contributed by atoms with Crippen molar-refractivity contribution in [3.63, 3.8) is 0 Å². The van der Waals surface area contributed by atoms with E-state index in [1.54, 1.807) is 16.2 Å². The van der Waals surface area contributed by atoms with Crippen molar-refractivity contribution in [2.75, 3.05) is 6.54 Å². The summed E-state index contributed by atoms with van der Waals surface area (Å²) in [5.74, 6) is 0.000642. The lowest BCUT2D eigenvalue weighted by atomic mass is 10.2. The molecule has 3 heterocycles. The zero-order valence-electron chi connectivity index (χ0n) is 16.1. The summed E-state index contributed by atoms with van der Waals surface area (Å²) in [4.78, 5) is 16.4. The van der Waals surface area contributed by atoms with Gasteiger partial charge in [0.1, 0.15) is 10.0 Å². The average Bonchev–Trinajstić information content (AvgIpc) is 3.45. The number of thioether (sulfide) groups is 1. The van der Waals surface area contributed by atoms with Crippen LogP contribution < -0.4 is 0 Å². The Morgan fingerprint density at radius 2 is 1.97 bits per heavy atom. The Morgan fingerprint density at radius 1 is 1.14 bits per heavy atom. The topological polar surface area (TPSA) is 38.1 Å². The van der Waals surface area contributed by atoms with Crippen molar-refractivity contribution in [2.45, 2.75) is 26.2 Å². The van der Waals surface area contributed by atoms with Gasteiger partial charge in [0.25, 0.3) is 5.91 Å². The van der Waals surface area contributed by atoms with Crippen LogP contribution in [0.25, 0.3) is 22.3 Å². The van der Waals surface area contributed by atoms with Crippen LogP contribution >= 0.6 is 35.3 Å². The van der Waals surface area contributed by atoms with Gasteiger partial charge in [0.15, 0.2) is 0 Å². The third-order valence-corrected chi connectivity index (χ3v) is 6.92. The molecule has 4 rings (SSSR count). The maximum absolute atomic E-state index is 12.9. The van der Waals surface area contributed by atoms with Crippen molar-refractivity contribution >= 4 is 51.6 Å². The van der Waals surface area contributed by atoms with E-state index in [4.69, 9.17) is 17.3 Å². The molecule has 0 bridgehead atoms. The van der Waals surface area contributed by atoms with Crippen LogP contribution in [-0.4, -0.2) is 31.5 Å². The summed E-state index contributed by atoms with van der Waals surface area (Å²) in [6.07, 6.45) is 7.10. The fraction of sp³-hybridized carbons (Fsp3) is 0.227. The summed E-state index contributed by atoms with van der Waals surface area (Å²) in [6, 6.07) is 14.1. The molecule has 0 radical (unpaired) electrons. The standard InChI is InChI=1S/C22H21N3OS3/c1-2-3-7-12-24-21(26)19(29-22(24)27)14-16-15-25(17-9-5-4-6-10-17)23-20(16)18-11-8-13-28-18/h4-6,8-11,13-15H,2-3,7,12H2,1H3/b19-14+. The molecule has 2 aromatic heterocycles. The fourth-order valence-corrected chi connectivity index (χ4v) is 5.20. The lowest BCUT2D eigenvalue weighted by Crippen LogP contribution is -2.28. The molecular formula is C22H21N3OS3. The zero-order valence-corrected chi connectivity index (χ0v) is 18.5. The first-order chi connectivity index (χ1) is 14.2. The van der Waals surface area contributed by atoms with Crippen LogP contribution in [0.1, 0.15) is 31.7 Å². The number of carbonyl (C=O) groups is 1. The van der Waals surface area contributed by atoms with Crippen molar-refractivity contribution in [3.05, 3.63) is 64.5 Å². The molecule has 148 valence electrons. The SMILES string of the molecule is CCCCCN1C(=O)/C(=C\c2cn(-c3ccccc3)nc2-c2cccs2)SC1=S. The van der Waals surface area contributed by atoms with Crippen LogP contribution in [0.2, 0.25) is 0 Å². The number of rotatable bonds is 7. The van der Waals surface area contributed by atoms with Crippen LogP contribution in [0.4, 0.5) is 0 Å². The van der Waals surface area contributed by atoms with Gasteiger partial charge in [-0.1, -0.05) is 68.0 Å². The predicted molar refractivity (Wildman–Crippen MR) is 126 cm³/mol. The largest absolute Gasteiger partial charge is 0.293 e. The molecule has 1 amide bonds. The molecular weight excluding hydrogens is 418 g/mol. The van der Waals surface area contributed by atoms with Gasteiger partial charge in [-0.2, -0.15) is 5.10 Å². The van der Waals surface area contributed by atoms with E-state index >= 15 is 0 Å². The van der Waals surface area contributed by atoms with Gasteiger partial charge in [-0.05, 0) is 36.1 Å². The Bertz CT molecular complexity index is 1040. The Balaban J connectivity index is 1.68. The molecule has 0 atom stereocenters. The Labute approximate surface area is 184 Å². The Hall–Kier alpha value is -2.22. The van der Waals surface area contributed by atoms with Gasteiger partial charge < -0.3 is 0 Å². The number of thiocarbonyl (C=S) groups is 1. The molecule has 4 nitrogen and oxygen atoms in total. The van der Waals surface area contributed by atoms with Crippen LogP contribution in [0.3, 0.4) is 0 Å². The third kappa shape index (κ3) is 4.37. The second-order valence-corrected chi connectivity index (χ2v) is 9.35. The van der Waals surface area contributed by atoms with Crippen molar-refractivity contribution in [1.82, 2.24) is 14.7 Å². The van der Waals surface area contributed by atoms with Gasteiger partial charge in [-0.15, -0.1) is 11.3 Å². The molecule has 1 saturated heterocycles. The molecule has 7 heteroatoms. The summed E-state index contributed by atoms with van der Waals surface area (Å²) in [6.45, 7) is 2.84. The van der Waals surface area contributed by atoms with E-state index < -0.39 is 0 Å². The number of carbonyl (C=O) groups excluding carboxylic acids is 1. The predicted octanol–water partition coefficient (Wildman–Crippen LogP) is 5.99. The molecule has 0 unspecified atom stereocenters. The molecule has 0 spiro atoms. The Morgan fingerprint density at radius 3 is 2.69 bits per heavy atom. The van der Waals surface area contributed by atoms with Crippen LogP contribution in [0.15, 0.2) is 58.9 Å². The summed E-state index contributed by atoms with van der Waals surface area (Å²) in [5.41, 5.74) is 2.78. The number of nitrogens with zero attached hydrogens (tertiary/aromatic N) is 3. The van der Waals surface area contributed by atoms with Gasteiger partial charge in [0, 0.05) is 18.3 Å². The number of para-hydroxylation sites is 1. The van der Waals surface area contributed by atoms with E-state index in [0.29, 0.717) is 15.8 Å². The first kappa shape index (κ1) is 20.1. The number of amides is 1. The van der Waals surface area contributed by atoms with Gasteiger partial charge in [0.05, 0.1) is 15.5 Å². The van der Waals surface area contributed by atoms with Gasteiger partial charge >= 0.3 is 0 Å². The van der Waals surface area contributed by atoms with E-state index in [0.717, 1.165) is 41.1 Å². The highest BCUT2D eigenvalue weighted by Gasteiger charge is 2.32. The van der Waals surface area contributed by atoms with Crippen LogP contribution in [0.5, 0.6) is 0 Å². The Kier molecular flexibility index (Phi) is 6.28. The highest BCUT2D eigenvalue weighted by atomic mass is 32.2. The van der Waals surface area contributed by atoms with Crippen LogP contribution in [0, 0.1) is 0 Å². The summed E-state index contributed by atoms with van der Waals surface area (Å²) >= 11 is 8.48. The van der Waals surface area contributed by atoms with Crippen molar-refractivity contribution < 1.29 is 4.79 Å². The first-order valence-electron chi connectivity index (χ1n) is 9.61. The maximum Gasteiger partial charge on any atom is 0.266 e. The minimum atomic E-state index is 0.000642. The fourth-order valence-electron chi connectivity index (χ4n) is 3.16. The van der Waals surface area contributed by atoms with E-state index in [9.17, 15) is 4.79 Å². The summed E-state index contributed by atoms with van der Waals surface area (Å²) in [7, 11) is 0. The lowest BCUT2D eigenvalue weighted by Gasteiger charge is -2.13. The maximum atomic E-state index is 12.9. The molecule has 0 saturated carbocycles. The normalized spacial score (nSPS) is 15.6. The van der Waals surface area contributed by atoms with Gasteiger partial charge in [0.2, 0.25) is 0 Å². The first-order valence-corrected chi connectivity index (χ1v) is 11.7. The van der Waals surface area contributed by atoms with Crippen LogP contribution in [-0.2, 0) is 4.79 Å². The minimum Gasteiger partial charge on any atom is -0.293 e. The number of aromatic nitrogens is 2. The van der Waals surface area contributed by atoms with Crippen molar-refractivity contribution in [3.8, 4) is 16.3 Å². The smallest absolute Gasteiger partial charge is 0.266 e. The quantitative estimate of drug-likeness (QED) is 0.257. The van der Waals surface area contributed by atoms with Gasteiger partial charge in [-0.25, -0.2) is 4.68 Å². The second kappa shape index (κ2) is 9.07. The highest BCUT2D eigenvalue weighted by Crippen LogP contribution is 2.35. The number of benzene rings is 1. The summed E-state index contributed by atoms with van der Waals surface area (Å²) < 4.78 is 2.51. The average molecular weight is 440 g/mol. The summed E-state index contributed by atoms with van der Waals surface area (Å²) in [5, 5.41) is 6.84. The molecule has 0 aliphatic carbocycles. The molecule has 0 N–H and O–H groups in total. The molecule has 1 aliphatic rings. The van der Waals surface area contributed by atoms with Gasteiger partial charge in [-0.3, -0.25) is 9.69 Å². The molecule has 29 heavy (non-hydrogen) atoms. The number of hydrogen-bond donors (Lipinski definition) is 0. The van der Waals surface area contributed by atoms with E-state index in [-0.39, 0.29) is 5.91 Å². The number of hydrogen-bond acceptors (Lipinski definition) is 5. The third-order valence-electron chi connectivity index (χ3n) is 4.66. The zero-order chi connectivity index (χ0) is 20.2. The number of thiophene rings is 1. The molecule has 1 aromatic carbocycles. The molecule has 3 aromatic rings. The molecule has 1 aliphatic heterocycles. The van der Waals surface area contributed by atoms with Crippen molar-refractivity contribution in [1.29, 1.82) is 0 Å². The minimum absolute atomic E-state index is 0.000642. The second-order valence-electron chi connectivity index (χ2n) is 6.73. The monoisotopic (exact) mass is 439 g/mol. The highest BCUT2D eigenvalue weighted by molar-refractivity contribution is 8.26.